The van der Waals surface area contributed by atoms with Crippen LogP contribution in [0.1, 0.15) is 6.42 Å². The van der Waals surface area contributed by atoms with Gasteiger partial charge in [0.1, 0.15) is 4.21 Å². The Balaban J connectivity index is 2.46. The van der Waals surface area contributed by atoms with E-state index < -0.39 is 16.1 Å². The fraction of sp³-hybridized carbons (Fsp3) is 0.556. The Morgan fingerprint density at radius 1 is 1.59 bits per heavy atom. The zero-order valence-electron chi connectivity index (χ0n) is 9.22. The van der Waals surface area contributed by atoms with Crippen LogP contribution in [0.4, 0.5) is 0 Å². The lowest BCUT2D eigenvalue weighted by Crippen LogP contribution is -2.28. The van der Waals surface area contributed by atoms with Crippen LogP contribution in [0.2, 0.25) is 0 Å². The van der Waals surface area contributed by atoms with Crippen LogP contribution < -0.4 is 4.72 Å². The monoisotopic (exact) mass is 343 g/mol. The highest BCUT2D eigenvalue weighted by atomic mass is 79.9. The molecule has 98 valence electrons. The van der Waals surface area contributed by atoms with Crippen molar-refractivity contribution < 1.29 is 18.3 Å². The van der Waals surface area contributed by atoms with Crippen LogP contribution in [0.25, 0.3) is 0 Å². The van der Waals surface area contributed by atoms with Gasteiger partial charge in [0.05, 0.1) is 16.5 Å². The van der Waals surface area contributed by atoms with Gasteiger partial charge in [0.2, 0.25) is 10.0 Å². The minimum absolute atomic E-state index is 0.183. The first-order valence-electron chi connectivity index (χ1n) is 4.87. The number of thiophene rings is 1. The molecule has 1 unspecified atom stereocenters. The van der Waals surface area contributed by atoms with Gasteiger partial charge in [0.25, 0.3) is 0 Å². The van der Waals surface area contributed by atoms with Crippen molar-refractivity contribution in [3.63, 3.8) is 0 Å². The first-order valence-corrected chi connectivity index (χ1v) is 7.97. The summed E-state index contributed by atoms with van der Waals surface area (Å²) in [5, 5.41) is 9.36. The highest BCUT2D eigenvalue weighted by Crippen LogP contribution is 2.25. The van der Waals surface area contributed by atoms with E-state index in [1.807, 2.05) is 0 Å². The van der Waals surface area contributed by atoms with Crippen molar-refractivity contribution in [1.29, 1.82) is 0 Å². The molecule has 0 aliphatic rings. The summed E-state index contributed by atoms with van der Waals surface area (Å²) < 4.78 is 31.7. The first kappa shape index (κ1) is 15.1. The van der Waals surface area contributed by atoms with Gasteiger partial charge in [-0.1, -0.05) is 0 Å². The summed E-state index contributed by atoms with van der Waals surface area (Å²) in [6, 6.07) is 3.21. The average molecular weight is 344 g/mol. The van der Waals surface area contributed by atoms with E-state index >= 15 is 0 Å². The summed E-state index contributed by atoms with van der Waals surface area (Å²) in [7, 11) is -1.98. The van der Waals surface area contributed by atoms with Crippen LogP contribution in [0, 0.1) is 0 Å². The number of hydrogen-bond donors (Lipinski definition) is 2. The summed E-state index contributed by atoms with van der Waals surface area (Å²) >= 11 is 4.35. The molecule has 2 N–H and O–H groups in total. The summed E-state index contributed by atoms with van der Waals surface area (Å²) in [6.07, 6.45) is -0.336. The molecule has 1 rings (SSSR count). The number of aliphatic hydroxyl groups excluding tert-OH is 1. The Hall–Kier alpha value is 0.01000. The fourth-order valence-corrected chi connectivity index (χ4v) is 4.25. The zero-order valence-corrected chi connectivity index (χ0v) is 12.4. The fourth-order valence-electron chi connectivity index (χ4n) is 1.15. The summed E-state index contributed by atoms with van der Waals surface area (Å²) in [6.45, 7) is 0.384. The molecule has 0 fully saturated rings. The Labute approximate surface area is 113 Å². The highest BCUT2D eigenvalue weighted by molar-refractivity contribution is 9.11. The molecule has 1 aromatic rings. The molecule has 1 heterocycles. The number of halogens is 1. The number of nitrogens with one attached hydrogen (secondary N) is 1. The number of ether oxygens (including phenoxy) is 1. The third-order valence-corrected chi connectivity index (χ3v) is 5.52. The molecule has 1 aromatic heterocycles. The second kappa shape index (κ2) is 6.81. The average Bonchev–Trinajstić information content (AvgIpc) is 2.65. The summed E-state index contributed by atoms with van der Waals surface area (Å²) in [5.41, 5.74) is 0. The van der Waals surface area contributed by atoms with Gasteiger partial charge in [0, 0.05) is 13.7 Å². The van der Waals surface area contributed by atoms with Crippen molar-refractivity contribution in [2.75, 3.05) is 20.3 Å². The van der Waals surface area contributed by atoms with Crippen LogP contribution in [0.15, 0.2) is 20.1 Å². The van der Waals surface area contributed by atoms with E-state index in [0.29, 0.717) is 6.42 Å². The SMILES string of the molecule is COCC(O)CCNS(=O)(=O)c1ccc(Br)s1. The van der Waals surface area contributed by atoms with Gasteiger partial charge in [0.15, 0.2) is 0 Å². The van der Waals surface area contributed by atoms with E-state index in [1.165, 1.54) is 13.2 Å². The van der Waals surface area contributed by atoms with E-state index in [1.54, 1.807) is 6.07 Å². The molecule has 0 spiro atoms. The van der Waals surface area contributed by atoms with Crippen molar-refractivity contribution in [2.24, 2.45) is 0 Å². The minimum Gasteiger partial charge on any atom is -0.391 e. The van der Waals surface area contributed by atoms with Crippen molar-refractivity contribution in [1.82, 2.24) is 4.72 Å². The molecule has 5 nitrogen and oxygen atoms in total. The van der Waals surface area contributed by atoms with Gasteiger partial charge in [-0.05, 0) is 34.5 Å². The maximum atomic E-state index is 11.8. The second-order valence-electron chi connectivity index (χ2n) is 3.35. The van der Waals surface area contributed by atoms with E-state index in [9.17, 15) is 13.5 Å². The molecule has 0 saturated heterocycles. The smallest absolute Gasteiger partial charge is 0.250 e. The van der Waals surface area contributed by atoms with Gasteiger partial charge in [-0.3, -0.25) is 0 Å². The second-order valence-corrected chi connectivity index (χ2v) is 7.81. The lowest BCUT2D eigenvalue weighted by Gasteiger charge is -2.09. The Morgan fingerprint density at radius 3 is 2.82 bits per heavy atom. The summed E-state index contributed by atoms with van der Waals surface area (Å²) in [4.78, 5) is 0. The number of aliphatic hydroxyl groups is 1. The molecule has 0 radical (unpaired) electrons. The third kappa shape index (κ3) is 5.02. The molecule has 0 aliphatic carbocycles. The molecule has 0 saturated carbocycles. The highest BCUT2D eigenvalue weighted by Gasteiger charge is 2.16. The van der Waals surface area contributed by atoms with Crippen LogP contribution in [0.5, 0.6) is 0 Å². The lowest BCUT2D eigenvalue weighted by molar-refractivity contribution is 0.0603. The van der Waals surface area contributed by atoms with E-state index in [-0.39, 0.29) is 17.4 Å². The van der Waals surface area contributed by atoms with Gasteiger partial charge in [-0.25, -0.2) is 13.1 Å². The standard InChI is InChI=1S/C9H14BrNO4S2/c1-15-6-7(12)4-5-11-17(13,14)9-3-2-8(10)16-9/h2-3,7,11-12H,4-6H2,1H3. The van der Waals surface area contributed by atoms with Crippen LogP contribution in [-0.4, -0.2) is 39.9 Å². The van der Waals surface area contributed by atoms with Gasteiger partial charge < -0.3 is 9.84 Å². The number of sulfonamides is 1. The molecule has 0 aromatic carbocycles. The van der Waals surface area contributed by atoms with E-state index in [2.05, 4.69) is 20.7 Å². The predicted molar refractivity (Wildman–Crippen MR) is 69.7 cm³/mol. The molecular formula is C9H14BrNO4S2. The van der Waals surface area contributed by atoms with Gasteiger partial charge in [-0.2, -0.15) is 0 Å². The van der Waals surface area contributed by atoms with Gasteiger partial charge >= 0.3 is 0 Å². The number of hydrogen-bond acceptors (Lipinski definition) is 5. The largest absolute Gasteiger partial charge is 0.391 e. The van der Waals surface area contributed by atoms with Crippen LogP contribution in [-0.2, 0) is 14.8 Å². The maximum absolute atomic E-state index is 11.8. The molecule has 8 heteroatoms. The first-order chi connectivity index (χ1) is 7.95. The van der Waals surface area contributed by atoms with E-state index in [0.717, 1.165) is 15.1 Å². The van der Waals surface area contributed by atoms with Crippen LogP contribution in [0.3, 0.4) is 0 Å². The van der Waals surface area contributed by atoms with Crippen molar-refractivity contribution >= 4 is 37.3 Å². The topological polar surface area (TPSA) is 75.6 Å². The Morgan fingerprint density at radius 2 is 2.29 bits per heavy atom. The molecule has 17 heavy (non-hydrogen) atoms. The van der Waals surface area contributed by atoms with E-state index in [4.69, 9.17) is 4.74 Å². The van der Waals surface area contributed by atoms with Crippen LogP contribution >= 0.6 is 27.3 Å². The molecule has 1 atom stereocenters. The van der Waals surface area contributed by atoms with Gasteiger partial charge in [-0.15, -0.1) is 11.3 Å². The Bertz CT molecular complexity index is 446. The molecular weight excluding hydrogens is 330 g/mol. The minimum atomic E-state index is -3.46. The maximum Gasteiger partial charge on any atom is 0.250 e. The third-order valence-electron chi connectivity index (χ3n) is 1.94. The quantitative estimate of drug-likeness (QED) is 0.779. The van der Waals surface area contributed by atoms with Crippen molar-refractivity contribution in [2.45, 2.75) is 16.7 Å². The number of rotatable bonds is 7. The van der Waals surface area contributed by atoms with Crippen molar-refractivity contribution in [3.8, 4) is 0 Å². The molecule has 0 aliphatic heterocycles. The lowest BCUT2D eigenvalue weighted by atomic mass is 10.3. The zero-order chi connectivity index (χ0) is 12.9. The predicted octanol–water partition coefficient (Wildman–Crippen LogP) is 1.19. The number of methoxy groups -OCH3 is 1. The molecule has 0 bridgehead atoms. The van der Waals surface area contributed by atoms with Crippen molar-refractivity contribution in [3.05, 3.63) is 15.9 Å². The summed E-state index contributed by atoms with van der Waals surface area (Å²) in [5.74, 6) is 0. The Kier molecular flexibility index (Phi) is 6.04. The molecule has 0 amide bonds. The normalized spacial score (nSPS) is 13.8.